The topological polar surface area (TPSA) is 65.4 Å². The molecule has 1 aromatic heterocycles. The zero-order chi connectivity index (χ0) is 10.4. The number of aromatic nitrogens is 1. The second kappa shape index (κ2) is 5.70. The lowest BCUT2D eigenvalue weighted by atomic mass is 10.2. The summed E-state index contributed by atoms with van der Waals surface area (Å²) in [7, 11) is 0. The van der Waals surface area contributed by atoms with Gasteiger partial charge < -0.3 is 15.5 Å². The Bertz CT molecular complexity index is 250. The predicted molar refractivity (Wildman–Crippen MR) is 53.7 cm³/mol. The number of pyridine rings is 1. The molecule has 4 heteroatoms. The highest BCUT2D eigenvalue weighted by Gasteiger charge is 2.11. The molecule has 4 nitrogen and oxygen atoms in total. The third-order valence-electron chi connectivity index (χ3n) is 2.06. The second-order valence-corrected chi connectivity index (χ2v) is 3.21. The van der Waals surface area contributed by atoms with E-state index in [-0.39, 0.29) is 25.3 Å². The van der Waals surface area contributed by atoms with Gasteiger partial charge in [-0.3, -0.25) is 4.98 Å². The minimum atomic E-state index is -0.285. The third kappa shape index (κ3) is 3.06. The van der Waals surface area contributed by atoms with Crippen molar-refractivity contribution >= 4 is 0 Å². The molecule has 1 rings (SSSR count). The second-order valence-electron chi connectivity index (χ2n) is 3.21. The van der Waals surface area contributed by atoms with E-state index in [1.165, 1.54) is 0 Å². The molecule has 78 valence electrons. The molecule has 0 aromatic carbocycles. The van der Waals surface area contributed by atoms with E-state index in [0.717, 1.165) is 5.69 Å². The van der Waals surface area contributed by atoms with Crippen molar-refractivity contribution in [2.24, 2.45) is 0 Å². The maximum atomic E-state index is 8.88. The van der Waals surface area contributed by atoms with Gasteiger partial charge in [0.05, 0.1) is 24.9 Å². The molecule has 0 aliphatic rings. The zero-order valence-corrected chi connectivity index (χ0v) is 8.22. The Morgan fingerprint density at radius 2 is 2.07 bits per heavy atom. The van der Waals surface area contributed by atoms with Crippen molar-refractivity contribution < 1.29 is 10.2 Å². The summed E-state index contributed by atoms with van der Waals surface area (Å²) < 4.78 is 0. The Morgan fingerprint density at radius 3 is 2.57 bits per heavy atom. The van der Waals surface area contributed by atoms with Gasteiger partial charge in [0.25, 0.3) is 0 Å². The average Bonchev–Trinajstić information content (AvgIpc) is 2.26. The molecule has 0 fully saturated rings. The minimum Gasteiger partial charge on any atom is -0.395 e. The Hall–Kier alpha value is -0.970. The lowest BCUT2D eigenvalue weighted by Gasteiger charge is -2.19. The molecule has 0 saturated heterocycles. The molecule has 0 bridgehead atoms. The van der Waals surface area contributed by atoms with Gasteiger partial charge in [-0.05, 0) is 19.1 Å². The summed E-state index contributed by atoms with van der Waals surface area (Å²) in [5.74, 6) is 0. The van der Waals surface area contributed by atoms with Gasteiger partial charge in [0.2, 0.25) is 0 Å². The summed E-state index contributed by atoms with van der Waals surface area (Å²) in [6.07, 6.45) is 1.72. The molecule has 1 atom stereocenters. The highest BCUT2D eigenvalue weighted by Crippen LogP contribution is 2.08. The van der Waals surface area contributed by atoms with E-state index in [1.54, 1.807) is 6.20 Å². The first-order valence-corrected chi connectivity index (χ1v) is 4.66. The number of aliphatic hydroxyl groups excluding tert-OH is 2. The van der Waals surface area contributed by atoms with E-state index in [9.17, 15) is 0 Å². The Labute approximate surface area is 83.6 Å². The average molecular weight is 196 g/mol. The van der Waals surface area contributed by atoms with Crippen LogP contribution in [0.4, 0.5) is 0 Å². The van der Waals surface area contributed by atoms with Crippen LogP contribution in [0.3, 0.4) is 0 Å². The number of hydrogen-bond acceptors (Lipinski definition) is 4. The summed E-state index contributed by atoms with van der Waals surface area (Å²) in [5, 5.41) is 20.8. The summed E-state index contributed by atoms with van der Waals surface area (Å²) in [6, 6.07) is 5.41. The lowest BCUT2D eigenvalue weighted by Crippen LogP contribution is -2.37. The van der Waals surface area contributed by atoms with Crippen molar-refractivity contribution in [3.63, 3.8) is 0 Å². The number of aliphatic hydroxyl groups is 2. The van der Waals surface area contributed by atoms with Crippen LogP contribution >= 0.6 is 0 Å². The molecule has 0 aliphatic carbocycles. The molecule has 0 amide bonds. The molecule has 0 unspecified atom stereocenters. The van der Waals surface area contributed by atoms with E-state index in [2.05, 4.69) is 10.3 Å². The Kier molecular flexibility index (Phi) is 4.52. The quantitative estimate of drug-likeness (QED) is 0.624. The fourth-order valence-corrected chi connectivity index (χ4v) is 1.23. The number of rotatable bonds is 5. The third-order valence-corrected chi connectivity index (χ3v) is 2.06. The Morgan fingerprint density at radius 1 is 1.36 bits per heavy atom. The van der Waals surface area contributed by atoms with Crippen LogP contribution in [0.15, 0.2) is 24.4 Å². The van der Waals surface area contributed by atoms with Gasteiger partial charge in [-0.2, -0.15) is 0 Å². The number of nitrogens with one attached hydrogen (secondary N) is 1. The molecule has 0 saturated carbocycles. The molecule has 1 aromatic rings. The minimum absolute atomic E-state index is 0.0282. The zero-order valence-electron chi connectivity index (χ0n) is 8.22. The molecule has 0 aliphatic heterocycles. The highest BCUT2D eigenvalue weighted by atomic mass is 16.3. The van der Waals surface area contributed by atoms with Crippen LogP contribution in [0.2, 0.25) is 0 Å². The van der Waals surface area contributed by atoms with Crippen LogP contribution in [0.25, 0.3) is 0 Å². The van der Waals surface area contributed by atoms with Gasteiger partial charge in [-0.25, -0.2) is 0 Å². The largest absolute Gasteiger partial charge is 0.395 e. The maximum absolute atomic E-state index is 8.88. The van der Waals surface area contributed by atoms with Crippen molar-refractivity contribution in [1.29, 1.82) is 0 Å². The summed E-state index contributed by atoms with van der Waals surface area (Å²) in [6.45, 7) is 1.79. The van der Waals surface area contributed by atoms with Gasteiger partial charge >= 0.3 is 0 Å². The summed E-state index contributed by atoms with van der Waals surface area (Å²) in [4.78, 5) is 4.17. The molecule has 1 heterocycles. The van der Waals surface area contributed by atoms with Crippen LogP contribution in [0, 0.1) is 0 Å². The van der Waals surface area contributed by atoms with Crippen molar-refractivity contribution in [3.8, 4) is 0 Å². The molecule has 14 heavy (non-hydrogen) atoms. The smallest absolute Gasteiger partial charge is 0.0607 e. The summed E-state index contributed by atoms with van der Waals surface area (Å²) >= 11 is 0. The molecular formula is C10H16N2O2. The molecule has 0 radical (unpaired) electrons. The first-order chi connectivity index (χ1) is 6.77. The lowest BCUT2D eigenvalue weighted by molar-refractivity contribution is 0.163. The van der Waals surface area contributed by atoms with E-state index < -0.39 is 0 Å². The fraction of sp³-hybridized carbons (Fsp3) is 0.500. The van der Waals surface area contributed by atoms with E-state index in [1.807, 2.05) is 25.1 Å². The molecule has 0 spiro atoms. The SMILES string of the molecule is C[C@@H](NC(CO)CO)c1ccccn1. The van der Waals surface area contributed by atoms with Gasteiger partial charge in [0, 0.05) is 12.2 Å². The standard InChI is InChI=1S/C10H16N2O2/c1-8(12-9(6-13)7-14)10-4-2-3-5-11-10/h2-5,8-9,12-14H,6-7H2,1H3/t8-/m1/s1. The fourth-order valence-electron chi connectivity index (χ4n) is 1.23. The first-order valence-electron chi connectivity index (χ1n) is 4.66. The van der Waals surface area contributed by atoms with Crippen LogP contribution in [-0.4, -0.2) is 34.5 Å². The van der Waals surface area contributed by atoms with Crippen molar-refractivity contribution in [1.82, 2.24) is 10.3 Å². The number of nitrogens with zero attached hydrogens (tertiary/aromatic N) is 1. The maximum Gasteiger partial charge on any atom is 0.0607 e. The van der Waals surface area contributed by atoms with Crippen molar-refractivity contribution in [2.45, 2.75) is 19.0 Å². The van der Waals surface area contributed by atoms with E-state index in [4.69, 9.17) is 10.2 Å². The monoisotopic (exact) mass is 196 g/mol. The predicted octanol–water partition coefficient (Wildman–Crippen LogP) is 0.0854. The summed E-state index contributed by atoms with van der Waals surface area (Å²) in [5.41, 5.74) is 0.902. The van der Waals surface area contributed by atoms with Crippen LogP contribution < -0.4 is 5.32 Å². The molecular weight excluding hydrogens is 180 g/mol. The van der Waals surface area contributed by atoms with E-state index >= 15 is 0 Å². The van der Waals surface area contributed by atoms with E-state index in [0.29, 0.717) is 0 Å². The first kappa shape index (κ1) is 11.1. The Balaban J connectivity index is 2.54. The van der Waals surface area contributed by atoms with Crippen LogP contribution in [-0.2, 0) is 0 Å². The van der Waals surface area contributed by atoms with Gasteiger partial charge in [-0.1, -0.05) is 6.07 Å². The van der Waals surface area contributed by atoms with Crippen LogP contribution in [0.5, 0.6) is 0 Å². The van der Waals surface area contributed by atoms with Crippen molar-refractivity contribution in [3.05, 3.63) is 30.1 Å². The normalized spacial score (nSPS) is 13.1. The van der Waals surface area contributed by atoms with Gasteiger partial charge in [0.1, 0.15) is 0 Å². The van der Waals surface area contributed by atoms with Gasteiger partial charge in [0.15, 0.2) is 0 Å². The highest BCUT2D eigenvalue weighted by molar-refractivity contribution is 5.07. The number of hydrogen-bond donors (Lipinski definition) is 3. The van der Waals surface area contributed by atoms with Crippen LogP contribution in [0.1, 0.15) is 18.7 Å². The van der Waals surface area contributed by atoms with Gasteiger partial charge in [-0.15, -0.1) is 0 Å². The van der Waals surface area contributed by atoms with Crippen molar-refractivity contribution in [2.75, 3.05) is 13.2 Å². The molecule has 3 N–H and O–H groups in total.